The third-order valence-corrected chi connectivity index (χ3v) is 6.54. The van der Waals surface area contributed by atoms with Gasteiger partial charge in [0.1, 0.15) is 18.1 Å². The van der Waals surface area contributed by atoms with E-state index in [1.54, 1.807) is 24.6 Å². The van der Waals surface area contributed by atoms with Gasteiger partial charge in [0.05, 0.1) is 12.5 Å². The van der Waals surface area contributed by atoms with E-state index < -0.39 is 60.2 Å². The van der Waals surface area contributed by atoms with Gasteiger partial charge in [-0.05, 0) is 30.1 Å². The molecule has 202 valence electrons. The number of hydrogen-bond donors (Lipinski definition) is 8. The second-order valence-corrected chi connectivity index (χ2v) is 9.60. The minimum absolute atomic E-state index is 0.0414. The Kier molecular flexibility index (Phi) is 11.8. The number of benzene rings is 1. The molecule has 2 aromatic rings. The number of carboxylic acids is 2. The van der Waals surface area contributed by atoms with E-state index in [0.29, 0.717) is 11.3 Å². The van der Waals surface area contributed by atoms with Crippen molar-refractivity contribution >= 4 is 65.0 Å². The summed E-state index contributed by atoms with van der Waals surface area (Å²) in [4.78, 5) is 64.4. The molecule has 14 heteroatoms. The van der Waals surface area contributed by atoms with Crippen LogP contribution in [0, 0.1) is 0 Å². The predicted octanol–water partition coefficient (Wildman–Crippen LogP) is -0.266. The summed E-state index contributed by atoms with van der Waals surface area (Å²) in [6.07, 6.45) is 2.76. The van der Waals surface area contributed by atoms with E-state index in [2.05, 4.69) is 33.6 Å². The molecule has 2 rings (SSSR count). The molecule has 1 heterocycles. The quantitative estimate of drug-likeness (QED) is 0.137. The number of nitrogens with two attached hydrogens (primary N) is 1. The first kappa shape index (κ1) is 30.0. The lowest BCUT2D eigenvalue weighted by atomic mass is 10.0. The number of nitrogens with one attached hydrogen (secondary N) is 4. The number of fused-ring (bicyclic) bond motifs is 1. The second kappa shape index (κ2) is 14.5. The van der Waals surface area contributed by atoms with Crippen molar-refractivity contribution in [2.45, 2.75) is 43.4 Å². The molecule has 1 aromatic heterocycles. The zero-order valence-corrected chi connectivity index (χ0v) is 21.8. The summed E-state index contributed by atoms with van der Waals surface area (Å²) >= 11 is 5.38. The fourth-order valence-electron chi connectivity index (χ4n) is 3.52. The summed E-state index contributed by atoms with van der Waals surface area (Å²) in [5, 5.41) is 26.9. The van der Waals surface area contributed by atoms with Gasteiger partial charge in [-0.25, -0.2) is 4.79 Å². The molecule has 0 bridgehead atoms. The Labute approximate surface area is 222 Å². The number of carbonyl (C=O) groups is 5. The van der Waals surface area contributed by atoms with Crippen molar-refractivity contribution in [2.75, 3.05) is 17.8 Å². The number of aliphatic carboxylic acids is 2. The fraction of sp³-hybridized carbons (Fsp3) is 0.435. The summed E-state index contributed by atoms with van der Waals surface area (Å²) < 4.78 is 0. The molecule has 0 aliphatic rings. The Morgan fingerprint density at radius 2 is 1.62 bits per heavy atom. The predicted molar refractivity (Wildman–Crippen MR) is 143 cm³/mol. The van der Waals surface area contributed by atoms with Gasteiger partial charge in [0.25, 0.3) is 0 Å². The molecule has 3 amide bonds. The van der Waals surface area contributed by atoms with Gasteiger partial charge in [0, 0.05) is 29.3 Å². The minimum Gasteiger partial charge on any atom is -0.481 e. The van der Waals surface area contributed by atoms with Gasteiger partial charge in [0.15, 0.2) is 0 Å². The number of carbonyl (C=O) groups excluding carboxylic acids is 3. The van der Waals surface area contributed by atoms with E-state index in [-0.39, 0.29) is 18.6 Å². The van der Waals surface area contributed by atoms with E-state index in [9.17, 15) is 34.2 Å². The number of para-hydroxylation sites is 1. The maximum atomic E-state index is 13.0. The SMILES string of the molecule is CSCCC(NC(=O)C(N)CS)C(=O)NC(CC(=O)O)C(=O)NC(Cc1c[nH]c2ccccc12)C(=O)O. The number of amides is 3. The first-order valence-electron chi connectivity index (χ1n) is 11.3. The van der Waals surface area contributed by atoms with Crippen LogP contribution in [0.5, 0.6) is 0 Å². The summed E-state index contributed by atoms with van der Waals surface area (Å²) in [5.41, 5.74) is 7.09. The van der Waals surface area contributed by atoms with E-state index in [1.165, 1.54) is 11.8 Å². The van der Waals surface area contributed by atoms with E-state index in [0.717, 1.165) is 10.9 Å². The van der Waals surface area contributed by atoms with Gasteiger partial charge >= 0.3 is 11.9 Å². The summed E-state index contributed by atoms with van der Waals surface area (Å²) in [7, 11) is 0. The summed E-state index contributed by atoms with van der Waals surface area (Å²) in [6.45, 7) is 0. The van der Waals surface area contributed by atoms with Crippen molar-refractivity contribution in [1.82, 2.24) is 20.9 Å². The van der Waals surface area contributed by atoms with Crippen molar-refractivity contribution in [1.29, 1.82) is 0 Å². The second-order valence-electron chi connectivity index (χ2n) is 8.25. The Morgan fingerprint density at radius 1 is 1.00 bits per heavy atom. The van der Waals surface area contributed by atoms with Crippen molar-refractivity contribution in [2.24, 2.45) is 5.73 Å². The molecule has 0 aliphatic heterocycles. The molecular weight excluding hydrogens is 522 g/mol. The van der Waals surface area contributed by atoms with Crippen molar-refractivity contribution in [3.63, 3.8) is 0 Å². The van der Waals surface area contributed by atoms with Crippen molar-refractivity contribution in [3.05, 3.63) is 36.0 Å². The maximum Gasteiger partial charge on any atom is 0.326 e. The molecule has 0 radical (unpaired) electrons. The number of aromatic nitrogens is 1. The molecule has 4 unspecified atom stereocenters. The van der Waals surface area contributed by atoms with Crippen LogP contribution >= 0.6 is 24.4 Å². The molecule has 1 aromatic carbocycles. The maximum absolute atomic E-state index is 13.0. The number of carboxylic acid groups (broad SMARTS) is 2. The highest BCUT2D eigenvalue weighted by Crippen LogP contribution is 2.19. The third kappa shape index (κ3) is 8.98. The first-order chi connectivity index (χ1) is 17.6. The normalized spacial score (nSPS) is 14.2. The van der Waals surface area contributed by atoms with Gasteiger partial charge in [-0.2, -0.15) is 24.4 Å². The fourth-order valence-corrected chi connectivity index (χ4v) is 4.15. The smallest absolute Gasteiger partial charge is 0.326 e. The highest BCUT2D eigenvalue weighted by Gasteiger charge is 2.31. The zero-order valence-electron chi connectivity index (χ0n) is 20.1. The van der Waals surface area contributed by atoms with Crippen LogP contribution in [-0.2, 0) is 30.4 Å². The zero-order chi connectivity index (χ0) is 27.5. The van der Waals surface area contributed by atoms with Crippen LogP contribution in [0.15, 0.2) is 30.5 Å². The Hall–Kier alpha value is -3.23. The third-order valence-electron chi connectivity index (χ3n) is 5.50. The number of aromatic amines is 1. The monoisotopic (exact) mass is 553 g/mol. The Morgan fingerprint density at radius 3 is 2.24 bits per heavy atom. The number of thiol groups is 1. The van der Waals surface area contributed by atoms with E-state index in [4.69, 9.17) is 5.73 Å². The van der Waals surface area contributed by atoms with E-state index >= 15 is 0 Å². The lowest BCUT2D eigenvalue weighted by Crippen LogP contribution is -2.58. The number of H-pyrrole nitrogens is 1. The van der Waals surface area contributed by atoms with Crippen molar-refractivity contribution in [3.8, 4) is 0 Å². The number of thioether (sulfide) groups is 1. The highest BCUT2D eigenvalue weighted by molar-refractivity contribution is 7.98. The summed E-state index contributed by atoms with van der Waals surface area (Å²) in [6, 6.07) is 2.21. The van der Waals surface area contributed by atoms with Gasteiger partial charge in [-0.15, -0.1) is 0 Å². The largest absolute Gasteiger partial charge is 0.481 e. The number of rotatable bonds is 15. The van der Waals surface area contributed by atoms with Crippen LogP contribution < -0.4 is 21.7 Å². The van der Waals surface area contributed by atoms with Crippen LogP contribution in [0.1, 0.15) is 18.4 Å². The molecular formula is C23H31N5O7S2. The molecule has 37 heavy (non-hydrogen) atoms. The molecule has 0 fully saturated rings. The molecule has 0 spiro atoms. The van der Waals surface area contributed by atoms with Crippen LogP contribution in [0.4, 0.5) is 0 Å². The molecule has 0 saturated heterocycles. The Balaban J connectivity index is 2.17. The molecule has 12 nitrogen and oxygen atoms in total. The Bertz CT molecular complexity index is 1130. The summed E-state index contributed by atoms with van der Waals surface area (Å²) in [5.74, 6) is -4.59. The van der Waals surface area contributed by atoms with E-state index in [1.807, 2.05) is 12.1 Å². The van der Waals surface area contributed by atoms with Crippen LogP contribution in [0.2, 0.25) is 0 Å². The molecule has 0 aliphatic carbocycles. The van der Waals surface area contributed by atoms with Crippen LogP contribution in [0.3, 0.4) is 0 Å². The van der Waals surface area contributed by atoms with Gasteiger partial charge in [0.2, 0.25) is 17.7 Å². The standard InChI is InChI=1S/C23H31N5O7S2/c1-37-7-6-16(26-20(31)14(24)11-36)21(32)27-17(9-19(29)30)22(33)28-18(23(34)35)8-12-10-25-15-5-3-2-4-13(12)15/h2-5,10,14,16-18,25,36H,6-9,11,24H2,1H3,(H,26,31)(H,27,32)(H,28,33)(H,29,30)(H,34,35). The minimum atomic E-state index is -1.58. The highest BCUT2D eigenvalue weighted by atomic mass is 32.2. The van der Waals surface area contributed by atoms with Crippen molar-refractivity contribution < 1.29 is 34.2 Å². The van der Waals surface area contributed by atoms with Crippen LogP contribution in [-0.4, -0.2) is 86.8 Å². The lowest BCUT2D eigenvalue weighted by molar-refractivity contribution is -0.143. The topological polar surface area (TPSA) is 204 Å². The molecule has 0 saturated carbocycles. The van der Waals surface area contributed by atoms with Gasteiger partial charge in [-0.1, -0.05) is 18.2 Å². The van der Waals surface area contributed by atoms with Gasteiger partial charge in [-0.3, -0.25) is 19.2 Å². The van der Waals surface area contributed by atoms with Crippen LogP contribution in [0.25, 0.3) is 10.9 Å². The lowest BCUT2D eigenvalue weighted by Gasteiger charge is -2.24. The first-order valence-corrected chi connectivity index (χ1v) is 13.4. The van der Waals surface area contributed by atoms with Gasteiger partial charge < -0.3 is 36.9 Å². The average molecular weight is 554 g/mol. The molecule has 8 N–H and O–H groups in total. The molecule has 4 atom stereocenters. The number of hydrogen-bond acceptors (Lipinski definition) is 8. The average Bonchev–Trinajstić information content (AvgIpc) is 3.27.